The molecule has 0 aromatic carbocycles. The van der Waals surface area contributed by atoms with Crippen LogP contribution in [0.3, 0.4) is 0 Å². The quantitative estimate of drug-likeness (QED) is 0.856. The van der Waals surface area contributed by atoms with Gasteiger partial charge in [-0.3, -0.25) is 4.90 Å². The van der Waals surface area contributed by atoms with Gasteiger partial charge in [0.25, 0.3) is 0 Å². The van der Waals surface area contributed by atoms with Crippen molar-refractivity contribution in [3.8, 4) is 0 Å². The van der Waals surface area contributed by atoms with Crippen LogP contribution in [0.2, 0.25) is 0 Å². The maximum absolute atomic E-state index is 4.32. The molecule has 1 aromatic heterocycles. The van der Waals surface area contributed by atoms with Gasteiger partial charge in [0.1, 0.15) is 0 Å². The lowest BCUT2D eigenvalue weighted by atomic mass is 9.99. The maximum Gasteiger partial charge on any atom is 0.0951 e. The van der Waals surface area contributed by atoms with Crippen LogP contribution in [0.15, 0.2) is 12.5 Å². The van der Waals surface area contributed by atoms with Gasteiger partial charge in [-0.05, 0) is 53.2 Å². The number of nitrogens with zero attached hydrogens (tertiary/aromatic N) is 3. The van der Waals surface area contributed by atoms with Crippen molar-refractivity contribution in [1.29, 1.82) is 0 Å². The van der Waals surface area contributed by atoms with Gasteiger partial charge < -0.3 is 9.88 Å². The highest BCUT2D eigenvalue weighted by molar-refractivity contribution is 5.00. The Morgan fingerprint density at radius 1 is 1.42 bits per heavy atom. The summed E-state index contributed by atoms with van der Waals surface area (Å²) in [5.41, 5.74) is 1.35. The molecule has 1 saturated heterocycles. The molecule has 4 nitrogen and oxygen atoms in total. The van der Waals surface area contributed by atoms with Gasteiger partial charge in [0.05, 0.1) is 12.0 Å². The summed E-state index contributed by atoms with van der Waals surface area (Å²) in [7, 11) is 2.04. The molecule has 2 rings (SSSR count). The molecule has 1 N–H and O–H groups in total. The predicted octanol–water partition coefficient (Wildman–Crippen LogP) is 2.43. The second-order valence-corrected chi connectivity index (χ2v) is 5.90. The van der Waals surface area contributed by atoms with Crippen molar-refractivity contribution in [3.05, 3.63) is 18.2 Å². The third-order valence-electron chi connectivity index (χ3n) is 4.14. The van der Waals surface area contributed by atoms with Crippen LogP contribution in [0, 0.1) is 0 Å². The van der Waals surface area contributed by atoms with E-state index < -0.39 is 0 Å². The third-order valence-corrected chi connectivity index (χ3v) is 4.14. The van der Waals surface area contributed by atoms with Crippen LogP contribution in [0.25, 0.3) is 0 Å². The largest absolute Gasteiger partial charge is 0.331 e. The Kier molecular flexibility index (Phi) is 5.40. The highest BCUT2D eigenvalue weighted by Crippen LogP contribution is 2.22. The van der Waals surface area contributed by atoms with Crippen LogP contribution in [0.1, 0.15) is 51.3 Å². The minimum absolute atomic E-state index is 0.498. The van der Waals surface area contributed by atoms with E-state index in [9.17, 15) is 0 Å². The summed E-state index contributed by atoms with van der Waals surface area (Å²) in [6.45, 7) is 7.84. The molecule has 0 bridgehead atoms. The van der Waals surface area contributed by atoms with Crippen molar-refractivity contribution < 1.29 is 0 Å². The molecule has 1 aromatic rings. The van der Waals surface area contributed by atoms with Gasteiger partial charge in [-0.15, -0.1) is 0 Å². The molecule has 0 radical (unpaired) electrons. The molecule has 4 heteroatoms. The molecule has 0 saturated carbocycles. The van der Waals surface area contributed by atoms with E-state index >= 15 is 0 Å². The first-order valence-corrected chi connectivity index (χ1v) is 7.61. The second-order valence-electron chi connectivity index (χ2n) is 5.90. The van der Waals surface area contributed by atoms with E-state index in [1.165, 1.54) is 37.9 Å². The van der Waals surface area contributed by atoms with Gasteiger partial charge in [0.2, 0.25) is 0 Å². The normalized spacial score (nSPS) is 21.2. The molecule has 1 unspecified atom stereocenters. The van der Waals surface area contributed by atoms with Crippen LogP contribution >= 0.6 is 0 Å². The molecule has 0 spiro atoms. The van der Waals surface area contributed by atoms with Gasteiger partial charge >= 0.3 is 0 Å². The molecule has 19 heavy (non-hydrogen) atoms. The molecular formula is C15H28N4. The van der Waals surface area contributed by atoms with Crippen LogP contribution in [0.4, 0.5) is 0 Å². The molecule has 1 aliphatic heterocycles. The SMILES string of the molecule is CNCCC1CCCCN1Cc1cncn1C(C)C. The van der Waals surface area contributed by atoms with E-state index in [0.717, 1.165) is 19.1 Å². The first-order valence-electron chi connectivity index (χ1n) is 7.61. The number of imidazole rings is 1. The van der Waals surface area contributed by atoms with Crippen molar-refractivity contribution in [3.63, 3.8) is 0 Å². The summed E-state index contributed by atoms with van der Waals surface area (Å²) in [5.74, 6) is 0. The standard InChI is InChI=1S/C15H28N4/c1-13(2)19-12-17-10-15(19)11-18-9-5-4-6-14(18)7-8-16-3/h10,12-14,16H,4-9,11H2,1-3H3. The van der Waals surface area contributed by atoms with Gasteiger partial charge in [0, 0.05) is 24.8 Å². The molecule has 1 aliphatic rings. The summed E-state index contributed by atoms with van der Waals surface area (Å²) in [5, 5.41) is 3.28. The van der Waals surface area contributed by atoms with E-state index in [2.05, 4.69) is 33.6 Å². The summed E-state index contributed by atoms with van der Waals surface area (Å²) in [6, 6.07) is 1.23. The second kappa shape index (κ2) is 7.06. The zero-order valence-electron chi connectivity index (χ0n) is 12.6. The molecule has 0 aliphatic carbocycles. The Bertz CT molecular complexity index is 372. The summed E-state index contributed by atoms with van der Waals surface area (Å²) in [4.78, 5) is 6.97. The van der Waals surface area contributed by atoms with Gasteiger partial charge in [-0.2, -0.15) is 0 Å². The first kappa shape index (κ1) is 14.5. The monoisotopic (exact) mass is 264 g/mol. The van der Waals surface area contributed by atoms with Crippen LogP contribution in [-0.4, -0.2) is 40.6 Å². The van der Waals surface area contributed by atoms with Crippen molar-refractivity contribution in [2.24, 2.45) is 0 Å². The topological polar surface area (TPSA) is 33.1 Å². The third kappa shape index (κ3) is 3.80. The van der Waals surface area contributed by atoms with Crippen molar-refractivity contribution in [2.75, 3.05) is 20.1 Å². The van der Waals surface area contributed by atoms with Crippen molar-refractivity contribution in [1.82, 2.24) is 19.8 Å². The van der Waals surface area contributed by atoms with E-state index in [1.807, 2.05) is 19.6 Å². The first-order chi connectivity index (χ1) is 9.22. The number of aromatic nitrogens is 2. The zero-order valence-corrected chi connectivity index (χ0v) is 12.6. The Labute approximate surface area is 117 Å². The number of rotatable bonds is 6. The minimum Gasteiger partial charge on any atom is -0.331 e. The molecular weight excluding hydrogens is 236 g/mol. The van der Waals surface area contributed by atoms with Crippen LogP contribution in [-0.2, 0) is 6.54 Å². The lowest BCUT2D eigenvalue weighted by molar-refractivity contribution is 0.129. The van der Waals surface area contributed by atoms with Crippen LogP contribution in [0.5, 0.6) is 0 Å². The lowest BCUT2D eigenvalue weighted by Gasteiger charge is -2.36. The van der Waals surface area contributed by atoms with Crippen LogP contribution < -0.4 is 5.32 Å². The minimum atomic E-state index is 0.498. The Morgan fingerprint density at radius 3 is 3.00 bits per heavy atom. The predicted molar refractivity (Wildman–Crippen MR) is 79.2 cm³/mol. The van der Waals surface area contributed by atoms with E-state index in [0.29, 0.717) is 6.04 Å². The fraction of sp³-hybridized carbons (Fsp3) is 0.800. The fourth-order valence-corrected chi connectivity index (χ4v) is 3.03. The lowest BCUT2D eigenvalue weighted by Crippen LogP contribution is -2.40. The Balaban J connectivity index is 2.00. The molecule has 1 fully saturated rings. The van der Waals surface area contributed by atoms with E-state index in [1.54, 1.807) is 0 Å². The average Bonchev–Trinajstić information content (AvgIpc) is 2.86. The number of hydrogen-bond acceptors (Lipinski definition) is 3. The fourth-order valence-electron chi connectivity index (χ4n) is 3.03. The number of piperidine rings is 1. The zero-order chi connectivity index (χ0) is 13.7. The van der Waals surface area contributed by atoms with Crippen molar-refractivity contribution in [2.45, 2.75) is 58.2 Å². The van der Waals surface area contributed by atoms with Gasteiger partial charge in [0.15, 0.2) is 0 Å². The smallest absolute Gasteiger partial charge is 0.0951 e. The molecule has 2 heterocycles. The average molecular weight is 264 g/mol. The Hall–Kier alpha value is -0.870. The highest BCUT2D eigenvalue weighted by atomic mass is 15.2. The van der Waals surface area contributed by atoms with E-state index in [-0.39, 0.29) is 0 Å². The molecule has 1 atom stereocenters. The summed E-state index contributed by atoms with van der Waals surface area (Å²) >= 11 is 0. The molecule has 108 valence electrons. The van der Waals surface area contributed by atoms with Crippen molar-refractivity contribution >= 4 is 0 Å². The summed E-state index contributed by atoms with van der Waals surface area (Å²) in [6.07, 6.45) is 9.32. The van der Waals surface area contributed by atoms with E-state index in [4.69, 9.17) is 0 Å². The maximum atomic E-state index is 4.32. The highest BCUT2D eigenvalue weighted by Gasteiger charge is 2.23. The van der Waals surface area contributed by atoms with Gasteiger partial charge in [-0.1, -0.05) is 6.42 Å². The summed E-state index contributed by atoms with van der Waals surface area (Å²) < 4.78 is 2.30. The number of nitrogens with one attached hydrogen (secondary N) is 1. The number of likely N-dealkylation sites (tertiary alicyclic amines) is 1. The van der Waals surface area contributed by atoms with Gasteiger partial charge in [-0.25, -0.2) is 4.98 Å². The molecule has 0 amide bonds. The Morgan fingerprint density at radius 2 is 2.26 bits per heavy atom. The number of hydrogen-bond donors (Lipinski definition) is 1.